The Morgan fingerprint density at radius 1 is 0.362 bits per heavy atom. The van der Waals surface area contributed by atoms with Gasteiger partial charge in [0.2, 0.25) is 5.89 Å². The molecule has 0 atom stereocenters. The molecule has 9 aromatic carbocycles. The standard InChI is InChI=1S/C45H27NO/c1-2-10-30(11-3-1)45-46-41-24-21-29-17-18-35-26-32(20-22-38(35)42(29)44(41)47-45)31-13-8-14-33(25-31)40-27-34-12-5-6-15-36(34)39-23-19-28-9-4-7-16-37(28)43(39)40/h1-27H. The molecule has 10 rings (SSSR count). The molecule has 10 aromatic rings. The third-order valence-electron chi connectivity index (χ3n) is 9.63. The highest BCUT2D eigenvalue weighted by Crippen LogP contribution is 2.41. The third-order valence-corrected chi connectivity index (χ3v) is 9.63. The maximum atomic E-state index is 6.44. The van der Waals surface area contributed by atoms with Gasteiger partial charge in [-0.15, -0.1) is 0 Å². The lowest BCUT2D eigenvalue weighted by Gasteiger charge is -2.15. The van der Waals surface area contributed by atoms with Crippen molar-refractivity contribution in [1.82, 2.24) is 4.98 Å². The first-order chi connectivity index (χ1) is 23.3. The number of benzene rings is 9. The van der Waals surface area contributed by atoms with Gasteiger partial charge in [-0.2, -0.15) is 0 Å². The maximum absolute atomic E-state index is 6.44. The molecule has 2 nitrogen and oxygen atoms in total. The van der Waals surface area contributed by atoms with Crippen molar-refractivity contribution >= 4 is 65.0 Å². The summed E-state index contributed by atoms with van der Waals surface area (Å²) in [6, 6.07) is 58.8. The van der Waals surface area contributed by atoms with Gasteiger partial charge in [-0.05, 0) is 107 Å². The Morgan fingerprint density at radius 3 is 1.91 bits per heavy atom. The second-order valence-corrected chi connectivity index (χ2v) is 12.3. The van der Waals surface area contributed by atoms with Gasteiger partial charge in [-0.3, -0.25) is 0 Å². The Morgan fingerprint density at radius 2 is 1.00 bits per heavy atom. The van der Waals surface area contributed by atoms with Crippen LogP contribution in [0.5, 0.6) is 0 Å². The van der Waals surface area contributed by atoms with Crippen LogP contribution in [-0.2, 0) is 0 Å². The fraction of sp³-hybridized carbons (Fsp3) is 0. The topological polar surface area (TPSA) is 26.0 Å². The van der Waals surface area contributed by atoms with E-state index >= 15 is 0 Å². The quantitative estimate of drug-likeness (QED) is 0.189. The van der Waals surface area contributed by atoms with E-state index in [1.165, 1.54) is 60.0 Å². The van der Waals surface area contributed by atoms with Crippen molar-refractivity contribution in [3.8, 4) is 33.7 Å². The molecule has 2 heteroatoms. The van der Waals surface area contributed by atoms with E-state index in [1.807, 2.05) is 30.3 Å². The highest BCUT2D eigenvalue weighted by Gasteiger charge is 2.15. The first-order valence-electron chi connectivity index (χ1n) is 16.0. The molecule has 0 N–H and O–H groups in total. The number of nitrogens with zero attached hydrogens (tertiary/aromatic N) is 1. The van der Waals surface area contributed by atoms with Gasteiger partial charge in [-0.1, -0.05) is 127 Å². The van der Waals surface area contributed by atoms with E-state index in [0.29, 0.717) is 5.89 Å². The summed E-state index contributed by atoms with van der Waals surface area (Å²) in [5.41, 5.74) is 7.52. The van der Waals surface area contributed by atoms with Crippen molar-refractivity contribution in [3.63, 3.8) is 0 Å². The van der Waals surface area contributed by atoms with Crippen LogP contribution in [0, 0.1) is 0 Å². The van der Waals surface area contributed by atoms with E-state index in [4.69, 9.17) is 9.40 Å². The Kier molecular flexibility index (Phi) is 5.61. The van der Waals surface area contributed by atoms with Crippen LogP contribution >= 0.6 is 0 Å². The lowest BCUT2D eigenvalue weighted by atomic mass is 9.89. The Hall–Kier alpha value is -6.25. The lowest BCUT2D eigenvalue weighted by Crippen LogP contribution is -1.88. The molecule has 0 aliphatic carbocycles. The number of hydrogen-bond donors (Lipinski definition) is 0. The zero-order valence-electron chi connectivity index (χ0n) is 25.4. The number of rotatable bonds is 3. The van der Waals surface area contributed by atoms with Crippen LogP contribution in [0.4, 0.5) is 0 Å². The number of fused-ring (bicyclic) bond motifs is 10. The van der Waals surface area contributed by atoms with Crippen LogP contribution in [-0.4, -0.2) is 4.98 Å². The van der Waals surface area contributed by atoms with Gasteiger partial charge in [0.1, 0.15) is 5.52 Å². The molecule has 0 saturated heterocycles. The van der Waals surface area contributed by atoms with E-state index in [9.17, 15) is 0 Å². The normalized spacial score (nSPS) is 11.8. The minimum atomic E-state index is 0.646. The predicted octanol–water partition coefficient (Wildman–Crippen LogP) is 12.6. The molecular weight excluding hydrogens is 571 g/mol. The number of aromatic nitrogens is 1. The van der Waals surface area contributed by atoms with E-state index < -0.39 is 0 Å². The molecule has 1 aromatic heterocycles. The molecule has 0 aliphatic rings. The molecule has 0 spiro atoms. The lowest BCUT2D eigenvalue weighted by molar-refractivity contribution is 0.623. The van der Waals surface area contributed by atoms with Gasteiger partial charge in [0.15, 0.2) is 5.58 Å². The molecule has 47 heavy (non-hydrogen) atoms. The Balaban J connectivity index is 1.15. The van der Waals surface area contributed by atoms with E-state index in [-0.39, 0.29) is 0 Å². The number of oxazole rings is 1. The summed E-state index contributed by atoms with van der Waals surface area (Å²) in [6.07, 6.45) is 0. The highest BCUT2D eigenvalue weighted by atomic mass is 16.3. The summed E-state index contributed by atoms with van der Waals surface area (Å²) in [7, 11) is 0. The average Bonchev–Trinajstić information content (AvgIpc) is 3.59. The van der Waals surface area contributed by atoms with E-state index in [0.717, 1.165) is 32.8 Å². The second-order valence-electron chi connectivity index (χ2n) is 12.3. The fourth-order valence-corrected chi connectivity index (χ4v) is 7.39. The van der Waals surface area contributed by atoms with Crippen LogP contribution < -0.4 is 0 Å². The van der Waals surface area contributed by atoms with Crippen molar-refractivity contribution in [2.75, 3.05) is 0 Å². The molecule has 0 saturated carbocycles. The summed E-state index contributed by atoms with van der Waals surface area (Å²) < 4.78 is 6.44. The zero-order valence-corrected chi connectivity index (χ0v) is 25.4. The van der Waals surface area contributed by atoms with Gasteiger partial charge in [-0.25, -0.2) is 4.98 Å². The van der Waals surface area contributed by atoms with Crippen molar-refractivity contribution in [1.29, 1.82) is 0 Å². The van der Waals surface area contributed by atoms with Crippen LogP contribution in [0.15, 0.2) is 168 Å². The molecule has 0 fully saturated rings. The second kappa shape index (κ2) is 10.1. The minimum absolute atomic E-state index is 0.646. The molecule has 0 radical (unpaired) electrons. The monoisotopic (exact) mass is 597 g/mol. The first kappa shape index (κ1) is 26.0. The average molecular weight is 598 g/mol. The molecule has 1 heterocycles. The maximum Gasteiger partial charge on any atom is 0.227 e. The number of hydrogen-bond acceptors (Lipinski definition) is 2. The van der Waals surface area contributed by atoms with Crippen molar-refractivity contribution < 1.29 is 4.42 Å². The van der Waals surface area contributed by atoms with Gasteiger partial charge in [0.25, 0.3) is 0 Å². The SMILES string of the molecule is c1ccc(-c2nc3ccc4ccc5cc(-c6cccc(-c7cc8ccccc8c8ccc9ccccc9c78)c6)ccc5c4c3o2)cc1. The van der Waals surface area contributed by atoms with Gasteiger partial charge < -0.3 is 4.42 Å². The molecule has 0 amide bonds. The summed E-state index contributed by atoms with van der Waals surface area (Å²) in [5, 5.41) is 12.2. The predicted molar refractivity (Wildman–Crippen MR) is 198 cm³/mol. The molecular formula is C45H27NO. The first-order valence-corrected chi connectivity index (χ1v) is 16.0. The van der Waals surface area contributed by atoms with Crippen molar-refractivity contribution in [2.24, 2.45) is 0 Å². The Labute approximate surface area is 271 Å². The summed E-state index contributed by atoms with van der Waals surface area (Å²) in [6.45, 7) is 0. The zero-order chi connectivity index (χ0) is 30.9. The van der Waals surface area contributed by atoms with Gasteiger partial charge >= 0.3 is 0 Å². The largest absolute Gasteiger partial charge is 0.435 e. The minimum Gasteiger partial charge on any atom is -0.435 e. The van der Waals surface area contributed by atoms with E-state index in [1.54, 1.807) is 0 Å². The smallest absolute Gasteiger partial charge is 0.227 e. The highest BCUT2D eigenvalue weighted by molar-refractivity contribution is 6.23. The molecule has 0 bridgehead atoms. The molecule has 0 aliphatic heterocycles. The fourth-order valence-electron chi connectivity index (χ4n) is 7.39. The van der Waals surface area contributed by atoms with Gasteiger partial charge in [0.05, 0.1) is 0 Å². The van der Waals surface area contributed by atoms with Crippen LogP contribution in [0.2, 0.25) is 0 Å². The summed E-state index contributed by atoms with van der Waals surface area (Å²) in [4.78, 5) is 4.84. The van der Waals surface area contributed by atoms with Crippen LogP contribution in [0.1, 0.15) is 0 Å². The van der Waals surface area contributed by atoms with Crippen molar-refractivity contribution in [3.05, 3.63) is 164 Å². The van der Waals surface area contributed by atoms with Crippen molar-refractivity contribution in [2.45, 2.75) is 0 Å². The van der Waals surface area contributed by atoms with Crippen LogP contribution in [0.3, 0.4) is 0 Å². The van der Waals surface area contributed by atoms with E-state index in [2.05, 4.69) is 133 Å². The Bertz CT molecular complexity index is 2840. The summed E-state index contributed by atoms with van der Waals surface area (Å²) in [5.74, 6) is 0.646. The summed E-state index contributed by atoms with van der Waals surface area (Å²) >= 11 is 0. The van der Waals surface area contributed by atoms with Gasteiger partial charge in [0, 0.05) is 10.9 Å². The van der Waals surface area contributed by atoms with Crippen LogP contribution in [0.25, 0.3) is 98.7 Å². The third kappa shape index (κ3) is 4.09. The molecule has 0 unspecified atom stereocenters. The molecule has 218 valence electrons.